The van der Waals surface area contributed by atoms with Crippen molar-refractivity contribution in [2.45, 2.75) is 0 Å². The van der Waals surface area contributed by atoms with Crippen molar-refractivity contribution in [3.63, 3.8) is 0 Å². The first-order chi connectivity index (χ1) is 28.2. The number of fused-ring (bicyclic) bond motifs is 10. The highest BCUT2D eigenvalue weighted by Gasteiger charge is 2.23. The molecular formula is C51H30N4O2. The highest BCUT2D eigenvalue weighted by Crippen LogP contribution is 2.43. The molecule has 12 rings (SSSR count). The number of hydrogen-bond acceptors (Lipinski definition) is 5. The Labute approximate surface area is 325 Å². The first kappa shape index (κ1) is 31.5. The van der Waals surface area contributed by atoms with Crippen molar-refractivity contribution in [3.05, 3.63) is 182 Å². The summed E-state index contributed by atoms with van der Waals surface area (Å²) in [6, 6.07) is 62.7. The average Bonchev–Trinajstić information content (AvgIpc) is 3.96. The number of rotatable bonds is 5. The van der Waals surface area contributed by atoms with Crippen molar-refractivity contribution in [2.75, 3.05) is 0 Å². The number of nitrogens with zero attached hydrogens (tertiary/aromatic N) is 4. The van der Waals surface area contributed by atoms with E-state index in [2.05, 4.69) is 108 Å². The van der Waals surface area contributed by atoms with E-state index in [-0.39, 0.29) is 0 Å². The van der Waals surface area contributed by atoms with Gasteiger partial charge in [-0.2, -0.15) is 0 Å². The third-order valence-corrected chi connectivity index (χ3v) is 11.1. The van der Waals surface area contributed by atoms with E-state index in [0.717, 1.165) is 99.2 Å². The number of furan rings is 2. The maximum Gasteiger partial charge on any atom is 0.167 e. The Hall–Kier alpha value is -7.83. The molecule has 6 nitrogen and oxygen atoms in total. The molecule has 0 aliphatic carbocycles. The monoisotopic (exact) mass is 730 g/mol. The second-order valence-electron chi connectivity index (χ2n) is 14.4. The van der Waals surface area contributed by atoms with Gasteiger partial charge in [-0.1, -0.05) is 133 Å². The zero-order valence-corrected chi connectivity index (χ0v) is 30.4. The summed E-state index contributed by atoms with van der Waals surface area (Å²) in [6.45, 7) is 0. The Bertz CT molecular complexity index is 3450. The van der Waals surface area contributed by atoms with Crippen LogP contribution >= 0.6 is 0 Å². The van der Waals surface area contributed by atoms with Gasteiger partial charge in [0.05, 0.1) is 16.6 Å². The van der Waals surface area contributed by atoms with Crippen LogP contribution in [-0.4, -0.2) is 19.5 Å². The van der Waals surface area contributed by atoms with Gasteiger partial charge in [0.2, 0.25) is 0 Å². The van der Waals surface area contributed by atoms with Crippen LogP contribution in [-0.2, 0) is 0 Å². The standard InChI is InChI=1S/C51H30N4O2/c1-4-13-31(14-5-1)49-52-50(32-15-6-2-7-16-32)54-51(53-49)42-21-12-20-40-41-28-27-39-36-25-23-33(34-24-26-38-37-19-10-11-22-44(37)56-45(38)30-34)29-43(36)55(35-17-8-3-9-18-35)46(39)48(41)57-47(40)42/h1-30H. The van der Waals surface area contributed by atoms with E-state index >= 15 is 0 Å². The second-order valence-corrected chi connectivity index (χ2v) is 14.4. The van der Waals surface area contributed by atoms with Crippen molar-refractivity contribution in [1.29, 1.82) is 0 Å². The van der Waals surface area contributed by atoms with Crippen LogP contribution in [0.5, 0.6) is 0 Å². The molecule has 0 spiro atoms. The summed E-state index contributed by atoms with van der Waals surface area (Å²) in [4.78, 5) is 15.0. The largest absolute Gasteiger partial charge is 0.456 e. The van der Waals surface area contributed by atoms with Gasteiger partial charge in [-0.15, -0.1) is 0 Å². The van der Waals surface area contributed by atoms with Crippen molar-refractivity contribution in [2.24, 2.45) is 0 Å². The lowest BCUT2D eigenvalue weighted by atomic mass is 10.0. The summed E-state index contributed by atoms with van der Waals surface area (Å²) in [7, 11) is 0. The first-order valence-electron chi connectivity index (χ1n) is 19.0. The highest BCUT2D eigenvalue weighted by molar-refractivity contribution is 6.22. The van der Waals surface area contributed by atoms with E-state index in [1.54, 1.807) is 0 Å². The maximum absolute atomic E-state index is 7.09. The van der Waals surface area contributed by atoms with E-state index in [1.165, 1.54) is 0 Å². The zero-order chi connectivity index (χ0) is 37.5. The normalized spacial score (nSPS) is 11.9. The molecule has 0 fully saturated rings. The lowest BCUT2D eigenvalue weighted by Crippen LogP contribution is -2.00. The molecule has 8 aromatic carbocycles. The fourth-order valence-electron chi connectivity index (χ4n) is 8.39. The molecule has 0 bridgehead atoms. The van der Waals surface area contributed by atoms with Crippen LogP contribution in [0.4, 0.5) is 0 Å². The summed E-state index contributed by atoms with van der Waals surface area (Å²) in [6.07, 6.45) is 0. The zero-order valence-electron chi connectivity index (χ0n) is 30.4. The summed E-state index contributed by atoms with van der Waals surface area (Å²) >= 11 is 0. The van der Waals surface area contributed by atoms with Gasteiger partial charge in [0.1, 0.15) is 16.7 Å². The van der Waals surface area contributed by atoms with Gasteiger partial charge >= 0.3 is 0 Å². The number of para-hydroxylation sites is 3. The Morgan fingerprint density at radius 1 is 0.351 bits per heavy atom. The molecule has 12 aromatic rings. The smallest absolute Gasteiger partial charge is 0.167 e. The quantitative estimate of drug-likeness (QED) is 0.176. The number of aromatic nitrogens is 4. The molecule has 0 aliphatic heterocycles. The van der Waals surface area contributed by atoms with Gasteiger partial charge in [0, 0.05) is 49.1 Å². The third kappa shape index (κ3) is 4.94. The van der Waals surface area contributed by atoms with Crippen molar-refractivity contribution >= 4 is 65.7 Å². The van der Waals surface area contributed by atoms with Crippen LogP contribution in [0.2, 0.25) is 0 Å². The van der Waals surface area contributed by atoms with Gasteiger partial charge in [-0.05, 0) is 59.7 Å². The molecule has 0 N–H and O–H groups in total. The van der Waals surface area contributed by atoms with E-state index < -0.39 is 0 Å². The molecule has 0 aliphatic rings. The first-order valence-corrected chi connectivity index (χ1v) is 19.0. The molecule has 0 atom stereocenters. The highest BCUT2D eigenvalue weighted by atomic mass is 16.3. The lowest BCUT2D eigenvalue weighted by Gasteiger charge is -2.09. The molecule has 266 valence electrons. The van der Waals surface area contributed by atoms with Crippen LogP contribution in [0.25, 0.3) is 117 Å². The Balaban J connectivity index is 1.10. The van der Waals surface area contributed by atoms with E-state index in [4.69, 9.17) is 23.8 Å². The summed E-state index contributed by atoms with van der Waals surface area (Å²) in [5.74, 6) is 1.77. The lowest BCUT2D eigenvalue weighted by molar-refractivity contribution is 0.669. The molecule has 0 radical (unpaired) electrons. The fourth-order valence-corrected chi connectivity index (χ4v) is 8.39. The average molecular weight is 731 g/mol. The molecule has 0 unspecified atom stereocenters. The van der Waals surface area contributed by atoms with E-state index in [0.29, 0.717) is 17.5 Å². The van der Waals surface area contributed by atoms with E-state index in [1.807, 2.05) is 78.9 Å². The fraction of sp³-hybridized carbons (Fsp3) is 0. The van der Waals surface area contributed by atoms with Crippen LogP contribution in [0.15, 0.2) is 191 Å². The molecular weight excluding hydrogens is 701 g/mol. The third-order valence-electron chi connectivity index (χ3n) is 11.1. The second kappa shape index (κ2) is 12.3. The predicted octanol–water partition coefficient (Wildman–Crippen LogP) is 13.4. The molecule has 6 heteroatoms. The Morgan fingerprint density at radius 3 is 1.67 bits per heavy atom. The van der Waals surface area contributed by atoms with Gasteiger partial charge in [-0.25, -0.2) is 15.0 Å². The molecule has 0 amide bonds. The molecule has 4 heterocycles. The van der Waals surface area contributed by atoms with Gasteiger partial charge in [-0.3, -0.25) is 0 Å². The van der Waals surface area contributed by atoms with Crippen molar-refractivity contribution in [3.8, 4) is 51.0 Å². The molecule has 0 saturated heterocycles. The minimum Gasteiger partial charge on any atom is -0.456 e. The van der Waals surface area contributed by atoms with Gasteiger partial charge < -0.3 is 13.4 Å². The molecule has 57 heavy (non-hydrogen) atoms. The summed E-state index contributed by atoms with van der Waals surface area (Å²) < 4.78 is 15.7. The minimum atomic E-state index is 0.554. The Morgan fingerprint density at radius 2 is 0.912 bits per heavy atom. The van der Waals surface area contributed by atoms with E-state index in [9.17, 15) is 0 Å². The predicted molar refractivity (Wildman–Crippen MR) is 230 cm³/mol. The van der Waals surface area contributed by atoms with Crippen LogP contribution < -0.4 is 0 Å². The Kier molecular flexibility index (Phi) is 6.83. The van der Waals surface area contributed by atoms with Crippen LogP contribution in [0.1, 0.15) is 0 Å². The minimum absolute atomic E-state index is 0.554. The summed E-state index contributed by atoms with van der Waals surface area (Å²) in [5, 5.41) is 6.51. The molecule has 4 aromatic heterocycles. The SMILES string of the molecule is c1ccc(-c2nc(-c3ccccc3)nc(-c3cccc4c3oc3c4ccc4c5ccc(-c6ccc7c(c6)oc6ccccc67)cc5n(-c5ccccc5)c43)n2)cc1. The van der Waals surface area contributed by atoms with Gasteiger partial charge in [0.15, 0.2) is 23.1 Å². The van der Waals surface area contributed by atoms with Crippen molar-refractivity contribution in [1.82, 2.24) is 19.5 Å². The van der Waals surface area contributed by atoms with Crippen LogP contribution in [0, 0.1) is 0 Å². The van der Waals surface area contributed by atoms with Crippen LogP contribution in [0.3, 0.4) is 0 Å². The summed E-state index contributed by atoms with van der Waals surface area (Å²) in [5.41, 5.74) is 11.3. The van der Waals surface area contributed by atoms with Crippen molar-refractivity contribution < 1.29 is 8.83 Å². The number of hydrogen-bond donors (Lipinski definition) is 0. The topological polar surface area (TPSA) is 69.9 Å². The molecule has 0 saturated carbocycles. The maximum atomic E-state index is 7.09. The van der Waals surface area contributed by atoms with Gasteiger partial charge in [0.25, 0.3) is 0 Å². The number of benzene rings is 8.